The molecule has 0 saturated heterocycles. The Hall–Kier alpha value is -1.35. The maximum absolute atomic E-state index is 12.0. The van der Waals surface area contributed by atoms with Gasteiger partial charge in [0.05, 0.1) is 6.54 Å². The fourth-order valence-electron chi connectivity index (χ4n) is 2.25. The number of hydrogen-bond donors (Lipinski definition) is 2. The van der Waals surface area contributed by atoms with Crippen LogP contribution in [-0.2, 0) is 4.79 Å². The van der Waals surface area contributed by atoms with Crippen molar-refractivity contribution in [3.8, 4) is 0 Å². The van der Waals surface area contributed by atoms with E-state index in [4.69, 9.17) is 0 Å². The summed E-state index contributed by atoms with van der Waals surface area (Å²) in [5.74, 6) is 0.963. The molecule has 0 unspecified atom stereocenters. The lowest BCUT2D eigenvalue weighted by Crippen LogP contribution is -2.29. The van der Waals surface area contributed by atoms with Crippen LogP contribution in [0.15, 0.2) is 18.2 Å². The fourth-order valence-corrected chi connectivity index (χ4v) is 2.25. The van der Waals surface area contributed by atoms with Gasteiger partial charge >= 0.3 is 0 Å². The van der Waals surface area contributed by atoms with Gasteiger partial charge in [-0.2, -0.15) is 0 Å². The van der Waals surface area contributed by atoms with Crippen molar-refractivity contribution in [2.24, 2.45) is 0 Å². The number of nitrogens with one attached hydrogen (secondary N) is 2. The number of hydrogen-bond acceptors (Lipinski definition) is 2. The Bertz CT molecular complexity index is 476. The van der Waals surface area contributed by atoms with Crippen LogP contribution in [-0.4, -0.2) is 18.5 Å². The van der Waals surface area contributed by atoms with Crippen LogP contribution in [0.4, 0.5) is 5.69 Å². The number of amides is 1. The van der Waals surface area contributed by atoms with Crippen molar-refractivity contribution < 1.29 is 4.79 Å². The van der Waals surface area contributed by atoms with E-state index in [0.717, 1.165) is 5.69 Å². The zero-order chi connectivity index (χ0) is 14.7. The monoisotopic (exact) mass is 274 g/mol. The molecule has 1 saturated carbocycles. The molecule has 3 heteroatoms. The molecule has 1 aromatic carbocycles. The Morgan fingerprint density at radius 1 is 1.20 bits per heavy atom. The van der Waals surface area contributed by atoms with Crippen LogP contribution in [0.2, 0.25) is 0 Å². The third-order valence-electron chi connectivity index (χ3n) is 3.77. The van der Waals surface area contributed by atoms with Crippen molar-refractivity contribution in [1.82, 2.24) is 5.32 Å². The van der Waals surface area contributed by atoms with E-state index in [0.29, 0.717) is 24.4 Å². The number of anilines is 1. The van der Waals surface area contributed by atoms with E-state index in [1.54, 1.807) is 0 Å². The molecule has 20 heavy (non-hydrogen) atoms. The first-order valence-electron chi connectivity index (χ1n) is 7.64. The molecule has 0 radical (unpaired) electrons. The van der Waals surface area contributed by atoms with E-state index in [1.807, 2.05) is 6.07 Å². The SMILES string of the molecule is CC(C)c1ccc(NC(=O)CNC2CC2)c(C(C)C)c1. The summed E-state index contributed by atoms with van der Waals surface area (Å²) in [5.41, 5.74) is 3.49. The largest absolute Gasteiger partial charge is 0.325 e. The highest BCUT2D eigenvalue weighted by Crippen LogP contribution is 2.28. The molecule has 1 amide bonds. The van der Waals surface area contributed by atoms with Crippen LogP contribution >= 0.6 is 0 Å². The Morgan fingerprint density at radius 2 is 1.90 bits per heavy atom. The van der Waals surface area contributed by atoms with Crippen molar-refractivity contribution in [2.45, 2.75) is 58.4 Å². The van der Waals surface area contributed by atoms with E-state index in [9.17, 15) is 4.79 Å². The Morgan fingerprint density at radius 3 is 2.45 bits per heavy atom. The van der Waals surface area contributed by atoms with Crippen molar-refractivity contribution in [3.05, 3.63) is 29.3 Å². The van der Waals surface area contributed by atoms with Gasteiger partial charge in [-0.1, -0.05) is 39.8 Å². The fraction of sp³-hybridized carbons (Fsp3) is 0.588. The highest BCUT2D eigenvalue weighted by Gasteiger charge is 2.21. The van der Waals surface area contributed by atoms with Gasteiger partial charge in [0.2, 0.25) is 5.91 Å². The van der Waals surface area contributed by atoms with Crippen LogP contribution < -0.4 is 10.6 Å². The molecule has 110 valence electrons. The van der Waals surface area contributed by atoms with E-state index in [1.165, 1.54) is 24.0 Å². The van der Waals surface area contributed by atoms with Crippen molar-refractivity contribution in [1.29, 1.82) is 0 Å². The molecule has 0 heterocycles. The maximum Gasteiger partial charge on any atom is 0.238 e. The molecule has 0 aromatic heterocycles. The lowest BCUT2D eigenvalue weighted by Gasteiger charge is -2.17. The second-order valence-electron chi connectivity index (χ2n) is 6.36. The van der Waals surface area contributed by atoms with E-state index in [-0.39, 0.29) is 5.91 Å². The Labute approximate surface area is 122 Å². The molecular weight excluding hydrogens is 248 g/mol. The standard InChI is InChI=1S/C17H26N2O/c1-11(2)13-5-8-16(15(9-13)12(3)4)19-17(20)10-18-14-6-7-14/h5,8-9,11-12,14,18H,6-7,10H2,1-4H3,(H,19,20). The summed E-state index contributed by atoms with van der Waals surface area (Å²) >= 11 is 0. The van der Waals surface area contributed by atoms with Crippen LogP contribution in [0.25, 0.3) is 0 Å². The first kappa shape index (κ1) is 15.0. The molecule has 0 atom stereocenters. The van der Waals surface area contributed by atoms with Crippen molar-refractivity contribution >= 4 is 11.6 Å². The van der Waals surface area contributed by atoms with Crippen LogP contribution in [0.1, 0.15) is 63.5 Å². The molecule has 0 aliphatic heterocycles. The third kappa shape index (κ3) is 4.07. The molecule has 1 aromatic rings. The number of carbonyl (C=O) groups is 1. The summed E-state index contributed by atoms with van der Waals surface area (Å²) in [6.07, 6.45) is 2.40. The van der Waals surface area contributed by atoms with Gasteiger partial charge in [0, 0.05) is 11.7 Å². The molecule has 2 N–H and O–H groups in total. The predicted molar refractivity (Wildman–Crippen MR) is 84.3 cm³/mol. The van der Waals surface area contributed by atoms with Gasteiger partial charge in [-0.3, -0.25) is 4.79 Å². The maximum atomic E-state index is 12.0. The van der Waals surface area contributed by atoms with Crippen molar-refractivity contribution in [3.63, 3.8) is 0 Å². The second kappa shape index (κ2) is 6.40. The van der Waals surface area contributed by atoms with Gasteiger partial charge in [0.15, 0.2) is 0 Å². The van der Waals surface area contributed by atoms with Crippen LogP contribution in [0.3, 0.4) is 0 Å². The van der Waals surface area contributed by atoms with E-state index < -0.39 is 0 Å². The Kier molecular flexibility index (Phi) is 4.81. The average molecular weight is 274 g/mol. The highest BCUT2D eigenvalue weighted by molar-refractivity contribution is 5.93. The molecule has 0 bridgehead atoms. The smallest absolute Gasteiger partial charge is 0.238 e. The zero-order valence-electron chi connectivity index (χ0n) is 13.0. The van der Waals surface area contributed by atoms with Crippen LogP contribution in [0, 0.1) is 0 Å². The predicted octanol–water partition coefficient (Wildman–Crippen LogP) is 3.62. The molecule has 0 spiro atoms. The summed E-state index contributed by atoms with van der Waals surface area (Å²) in [7, 11) is 0. The average Bonchev–Trinajstić information content (AvgIpc) is 3.20. The number of rotatable bonds is 6. The molecule has 1 fully saturated rings. The van der Waals surface area contributed by atoms with Gasteiger partial charge < -0.3 is 10.6 Å². The molecular formula is C17H26N2O. The van der Waals surface area contributed by atoms with E-state index >= 15 is 0 Å². The molecule has 1 aliphatic rings. The summed E-state index contributed by atoms with van der Waals surface area (Å²) in [6, 6.07) is 6.94. The second-order valence-corrected chi connectivity index (χ2v) is 6.36. The molecule has 3 nitrogen and oxygen atoms in total. The third-order valence-corrected chi connectivity index (χ3v) is 3.77. The normalized spacial score (nSPS) is 14.9. The van der Waals surface area contributed by atoms with Crippen LogP contribution in [0.5, 0.6) is 0 Å². The van der Waals surface area contributed by atoms with Gasteiger partial charge in [-0.05, 0) is 41.9 Å². The first-order chi connectivity index (χ1) is 9.47. The quantitative estimate of drug-likeness (QED) is 0.832. The van der Waals surface area contributed by atoms with Gasteiger partial charge in [0.1, 0.15) is 0 Å². The number of carbonyl (C=O) groups excluding carboxylic acids is 1. The lowest BCUT2D eigenvalue weighted by molar-refractivity contribution is -0.115. The highest BCUT2D eigenvalue weighted by atomic mass is 16.1. The van der Waals surface area contributed by atoms with Gasteiger partial charge in [-0.15, -0.1) is 0 Å². The van der Waals surface area contributed by atoms with Crippen molar-refractivity contribution in [2.75, 3.05) is 11.9 Å². The summed E-state index contributed by atoms with van der Waals surface area (Å²) in [4.78, 5) is 12.0. The van der Waals surface area contributed by atoms with Gasteiger partial charge in [0.25, 0.3) is 0 Å². The zero-order valence-corrected chi connectivity index (χ0v) is 13.0. The summed E-state index contributed by atoms with van der Waals surface area (Å²) in [6.45, 7) is 9.12. The minimum atomic E-state index is 0.0519. The van der Waals surface area contributed by atoms with Gasteiger partial charge in [-0.25, -0.2) is 0 Å². The minimum absolute atomic E-state index is 0.0519. The Balaban J connectivity index is 2.06. The summed E-state index contributed by atoms with van der Waals surface area (Å²) < 4.78 is 0. The lowest BCUT2D eigenvalue weighted by atomic mass is 9.94. The summed E-state index contributed by atoms with van der Waals surface area (Å²) in [5, 5.41) is 6.28. The minimum Gasteiger partial charge on any atom is -0.325 e. The van der Waals surface area contributed by atoms with E-state index in [2.05, 4.69) is 50.5 Å². The molecule has 2 rings (SSSR count). The number of benzene rings is 1. The molecule has 1 aliphatic carbocycles. The first-order valence-corrected chi connectivity index (χ1v) is 7.64. The topological polar surface area (TPSA) is 41.1 Å².